The van der Waals surface area contributed by atoms with E-state index in [9.17, 15) is 14.0 Å². The van der Waals surface area contributed by atoms with Gasteiger partial charge in [-0.05, 0) is 36.6 Å². The molecule has 5 nitrogen and oxygen atoms in total. The number of hydrogen-bond donors (Lipinski definition) is 3. The van der Waals surface area contributed by atoms with Crippen molar-refractivity contribution in [3.63, 3.8) is 0 Å². The lowest BCUT2D eigenvalue weighted by atomic mass is 10.1. The molecule has 0 saturated heterocycles. The molecule has 1 amide bonds. The fraction of sp³-hybridized carbons (Fsp3) is 0.333. The van der Waals surface area contributed by atoms with E-state index in [-0.39, 0.29) is 17.7 Å². The Hall–Kier alpha value is -1.76. The molecular formula is C12H15FN2O3S. The summed E-state index contributed by atoms with van der Waals surface area (Å²) in [5.41, 5.74) is 5.61. The van der Waals surface area contributed by atoms with Gasteiger partial charge in [-0.15, -0.1) is 0 Å². The lowest BCUT2D eigenvalue weighted by Crippen LogP contribution is -2.41. The summed E-state index contributed by atoms with van der Waals surface area (Å²) in [5, 5.41) is 11.3. The number of anilines is 1. The summed E-state index contributed by atoms with van der Waals surface area (Å²) in [7, 11) is 0. The lowest BCUT2D eigenvalue weighted by Gasteiger charge is -2.14. The van der Waals surface area contributed by atoms with Gasteiger partial charge in [-0.1, -0.05) is 0 Å². The molecule has 0 heterocycles. The van der Waals surface area contributed by atoms with Crippen LogP contribution in [0, 0.1) is 5.82 Å². The monoisotopic (exact) mass is 286 g/mol. The minimum atomic E-state index is -1.13. The number of carbonyl (C=O) groups excluding carboxylic acids is 1. The lowest BCUT2D eigenvalue weighted by molar-refractivity contribution is -0.139. The zero-order valence-corrected chi connectivity index (χ0v) is 11.2. The molecule has 0 saturated carbocycles. The second-order valence-electron chi connectivity index (χ2n) is 3.88. The summed E-state index contributed by atoms with van der Waals surface area (Å²) in [4.78, 5) is 22.9. The molecule has 0 aliphatic rings. The molecule has 0 bridgehead atoms. The maximum absolute atomic E-state index is 13.1. The standard InChI is InChI=1S/C12H15FN2O3S/c1-19-5-4-10(12(17)18)15-11(16)8-6-7(13)2-3-9(8)14/h2-3,6,10H,4-5,14H2,1H3,(H,15,16)(H,17,18)/t10-/m1/s1. The highest BCUT2D eigenvalue weighted by molar-refractivity contribution is 7.98. The van der Waals surface area contributed by atoms with Gasteiger partial charge in [-0.3, -0.25) is 4.79 Å². The number of nitrogens with one attached hydrogen (secondary N) is 1. The fourth-order valence-electron chi connectivity index (χ4n) is 1.45. The van der Waals surface area contributed by atoms with Crippen LogP contribution in [0.25, 0.3) is 0 Å². The average Bonchev–Trinajstić information content (AvgIpc) is 2.36. The van der Waals surface area contributed by atoms with Crippen LogP contribution in [0.3, 0.4) is 0 Å². The van der Waals surface area contributed by atoms with E-state index in [2.05, 4.69) is 5.32 Å². The van der Waals surface area contributed by atoms with Crippen LogP contribution in [-0.2, 0) is 4.79 Å². The van der Waals surface area contributed by atoms with E-state index in [0.29, 0.717) is 5.75 Å². The molecule has 0 radical (unpaired) electrons. The minimum Gasteiger partial charge on any atom is -0.480 e. The molecule has 1 aromatic rings. The Balaban J connectivity index is 2.81. The summed E-state index contributed by atoms with van der Waals surface area (Å²) in [6, 6.07) is 2.37. The van der Waals surface area contributed by atoms with Gasteiger partial charge in [0, 0.05) is 5.69 Å². The van der Waals surface area contributed by atoms with E-state index >= 15 is 0 Å². The Morgan fingerprint density at radius 1 is 1.53 bits per heavy atom. The van der Waals surface area contributed by atoms with Gasteiger partial charge < -0.3 is 16.2 Å². The van der Waals surface area contributed by atoms with Crippen LogP contribution in [0.15, 0.2) is 18.2 Å². The van der Waals surface area contributed by atoms with Crippen LogP contribution in [0.2, 0.25) is 0 Å². The predicted octanol–water partition coefficient (Wildman–Crippen LogP) is 1.34. The minimum absolute atomic E-state index is 0.0598. The number of rotatable bonds is 6. The summed E-state index contributed by atoms with van der Waals surface area (Å²) < 4.78 is 13.1. The molecule has 0 aliphatic heterocycles. The third-order valence-corrected chi connectivity index (χ3v) is 3.12. The Morgan fingerprint density at radius 3 is 2.79 bits per heavy atom. The number of thioether (sulfide) groups is 1. The Kier molecular flexibility index (Phi) is 5.62. The summed E-state index contributed by atoms with van der Waals surface area (Å²) >= 11 is 1.48. The maximum atomic E-state index is 13.1. The molecular weight excluding hydrogens is 271 g/mol. The Bertz CT molecular complexity index is 482. The number of hydrogen-bond acceptors (Lipinski definition) is 4. The van der Waals surface area contributed by atoms with Crippen LogP contribution in [0.1, 0.15) is 16.8 Å². The van der Waals surface area contributed by atoms with Gasteiger partial charge in [-0.2, -0.15) is 11.8 Å². The van der Waals surface area contributed by atoms with Crippen molar-refractivity contribution in [1.29, 1.82) is 0 Å². The highest BCUT2D eigenvalue weighted by Crippen LogP contribution is 2.14. The Morgan fingerprint density at radius 2 is 2.21 bits per heavy atom. The number of benzene rings is 1. The van der Waals surface area contributed by atoms with Crippen LogP contribution in [0.4, 0.5) is 10.1 Å². The highest BCUT2D eigenvalue weighted by atomic mass is 32.2. The van der Waals surface area contributed by atoms with Crippen molar-refractivity contribution in [2.75, 3.05) is 17.7 Å². The first-order valence-electron chi connectivity index (χ1n) is 5.53. The van der Waals surface area contributed by atoms with Crippen molar-refractivity contribution in [2.24, 2.45) is 0 Å². The Labute approximate surface area is 114 Å². The largest absolute Gasteiger partial charge is 0.480 e. The van der Waals surface area contributed by atoms with E-state index in [1.165, 1.54) is 17.8 Å². The first kappa shape index (κ1) is 15.3. The molecule has 0 aromatic heterocycles. The van der Waals surface area contributed by atoms with Crippen molar-refractivity contribution in [3.8, 4) is 0 Å². The predicted molar refractivity (Wildman–Crippen MR) is 72.7 cm³/mol. The van der Waals surface area contributed by atoms with Gasteiger partial charge in [0.05, 0.1) is 5.56 Å². The quantitative estimate of drug-likeness (QED) is 0.686. The third kappa shape index (κ3) is 4.44. The second-order valence-corrected chi connectivity index (χ2v) is 4.86. The van der Waals surface area contributed by atoms with Crippen molar-refractivity contribution in [3.05, 3.63) is 29.6 Å². The van der Waals surface area contributed by atoms with Gasteiger partial charge in [0.1, 0.15) is 11.9 Å². The number of carbonyl (C=O) groups is 2. The highest BCUT2D eigenvalue weighted by Gasteiger charge is 2.21. The molecule has 1 rings (SSSR count). The molecule has 0 unspecified atom stereocenters. The number of carboxylic acids is 1. The SMILES string of the molecule is CSCC[C@@H](NC(=O)c1cc(F)ccc1N)C(=O)O. The number of carboxylic acid groups (broad SMARTS) is 1. The average molecular weight is 286 g/mol. The molecule has 0 aliphatic carbocycles. The van der Waals surface area contributed by atoms with Crippen LogP contribution in [0.5, 0.6) is 0 Å². The zero-order valence-electron chi connectivity index (χ0n) is 10.4. The van der Waals surface area contributed by atoms with Crippen molar-refractivity contribution in [1.82, 2.24) is 5.32 Å². The smallest absolute Gasteiger partial charge is 0.326 e. The van der Waals surface area contributed by atoms with E-state index in [0.717, 1.165) is 12.1 Å². The van der Waals surface area contributed by atoms with Gasteiger partial charge in [-0.25, -0.2) is 9.18 Å². The van der Waals surface area contributed by atoms with Gasteiger partial charge in [0.25, 0.3) is 5.91 Å². The van der Waals surface area contributed by atoms with E-state index < -0.39 is 23.7 Å². The number of nitrogens with two attached hydrogens (primary N) is 1. The molecule has 0 fully saturated rings. The summed E-state index contributed by atoms with van der Waals surface area (Å²) in [5.74, 6) is -1.83. The molecule has 19 heavy (non-hydrogen) atoms. The summed E-state index contributed by atoms with van der Waals surface area (Å²) in [6.45, 7) is 0. The number of aliphatic carboxylic acids is 1. The second kappa shape index (κ2) is 6.98. The van der Waals surface area contributed by atoms with Crippen LogP contribution < -0.4 is 11.1 Å². The van der Waals surface area contributed by atoms with Gasteiger partial charge in [0.15, 0.2) is 0 Å². The third-order valence-electron chi connectivity index (χ3n) is 2.47. The number of halogens is 1. The zero-order chi connectivity index (χ0) is 14.4. The first-order chi connectivity index (χ1) is 8.95. The summed E-state index contributed by atoms with van der Waals surface area (Å²) in [6.07, 6.45) is 2.13. The molecule has 1 aromatic carbocycles. The fourth-order valence-corrected chi connectivity index (χ4v) is 1.93. The molecule has 0 spiro atoms. The molecule has 104 valence electrons. The first-order valence-corrected chi connectivity index (χ1v) is 6.92. The van der Waals surface area contributed by atoms with Gasteiger partial charge >= 0.3 is 5.97 Å². The molecule has 4 N–H and O–H groups in total. The van der Waals surface area contributed by atoms with Crippen molar-refractivity contribution in [2.45, 2.75) is 12.5 Å². The van der Waals surface area contributed by atoms with E-state index in [4.69, 9.17) is 10.8 Å². The van der Waals surface area contributed by atoms with E-state index in [1.807, 2.05) is 6.26 Å². The molecule has 1 atom stereocenters. The van der Waals surface area contributed by atoms with E-state index in [1.54, 1.807) is 0 Å². The van der Waals surface area contributed by atoms with Crippen LogP contribution in [-0.4, -0.2) is 35.0 Å². The normalized spacial score (nSPS) is 11.9. The molecule has 7 heteroatoms. The van der Waals surface area contributed by atoms with Crippen molar-refractivity contribution < 1.29 is 19.1 Å². The topological polar surface area (TPSA) is 92.4 Å². The number of nitrogen functional groups attached to an aromatic ring is 1. The van der Waals surface area contributed by atoms with Crippen LogP contribution >= 0.6 is 11.8 Å². The maximum Gasteiger partial charge on any atom is 0.326 e. The van der Waals surface area contributed by atoms with Gasteiger partial charge in [0.2, 0.25) is 0 Å². The van der Waals surface area contributed by atoms with Crippen molar-refractivity contribution >= 4 is 29.3 Å². The number of amides is 1.